The third-order valence-corrected chi connectivity index (χ3v) is 5.49. The predicted molar refractivity (Wildman–Crippen MR) is 115 cm³/mol. The molecule has 1 atom stereocenters. The van der Waals surface area contributed by atoms with E-state index in [2.05, 4.69) is 26.0 Å². The summed E-state index contributed by atoms with van der Waals surface area (Å²) >= 11 is 0. The van der Waals surface area contributed by atoms with Gasteiger partial charge in [-0.05, 0) is 47.7 Å². The second kappa shape index (κ2) is 11.7. The molecule has 0 fully saturated rings. The quantitative estimate of drug-likeness (QED) is 0.287. The standard InChI is InChI=1S/C24H25O5P.Na/c1-18(2)20-14-11-19(12-15-20)13-16-24(25)21-7-6-10-23(17-21)29-30(26,27)28-22-8-4-3-5-9-22;/h3-12,14-15,17-18H,13,16H2,1-2H3,(H,26,27);/q;+1/p-1. The molecule has 3 aromatic carbocycles. The Morgan fingerprint density at radius 3 is 2.16 bits per heavy atom. The van der Waals surface area contributed by atoms with Crippen molar-refractivity contribution in [1.29, 1.82) is 0 Å². The van der Waals surface area contributed by atoms with E-state index in [1.165, 1.54) is 29.8 Å². The van der Waals surface area contributed by atoms with Gasteiger partial charge in [0.05, 0.1) is 0 Å². The van der Waals surface area contributed by atoms with E-state index in [4.69, 9.17) is 9.05 Å². The van der Waals surface area contributed by atoms with Gasteiger partial charge in [-0.1, -0.05) is 68.4 Å². The van der Waals surface area contributed by atoms with Crippen LogP contribution in [0.3, 0.4) is 0 Å². The Labute approximate surface area is 205 Å². The van der Waals surface area contributed by atoms with Crippen molar-refractivity contribution in [3.63, 3.8) is 0 Å². The van der Waals surface area contributed by atoms with E-state index in [0.29, 0.717) is 24.3 Å². The number of phosphoric acid groups is 1. The van der Waals surface area contributed by atoms with Gasteiger partial charge < -0.3 is 13.9 Å². The fourth-order valence-electron chi connectivity index (χ4n) is 2.96. The molecule has 31 heavy (non-hydrogen) atoms. The second-order valence-electron chi connectivity index (χ2n) is 7.29. The molecular formula is C24H24NaO5P. The zero-order valence-electron chi connectivity index (χ0n) is 18.0. The topological polar surface area (TPSA) is 75.7 Å². The third kappa shape index (κ3) is 7.95. The molecule has 0 N–H and O–H groups in total. The van der Waals surface area contributed by atoms with Gasteiger partial charge in [0.2, 0.25) is 0 Å². The van der Waals surface area contributed by atoms with Crippen molar-refractivity contribution in [2.45, 2.75) is 32.6 Å². The Bertz CT molecular complexity index is 1040. The van der Waals surface area contributed by atoms with E-state index >= 15 is 0 Å². The van der Waals surface area contributed by atoms with Gasteiger partial charge in [-0.3, -0.25) is 4.79 Å². The Balaban J connectivity index is 0.00000341. The number of phosphoric ester groups is 1. The molecule has 0 saturated carbocycles. The molecule has 0 aliphatic rings. The normalized spacial score (nSPS) is 12.5. The summed E-state index contributed by atoms with van der Waals surface area (Å²) in [5, 5.41) is 0. The molecule has 5 nitrogen and oxygen atoms in total. The average Bonchev–Trinajstić information content (AvgIpc) is 2.72. The molecule has 3 aromatic rings. The van der Waals surface area contributed by atoms with E-state index < -0.39 is 7.82 Å². The molecule has 3 rings (SSSR count). The molecule has 0 aliphatic carbocycles. The van der Waals surface area contributed by atoms with Gasteiger partial charge in [-0.2, -0.15) is 0 Å². The predicted octanol–water partition coefficient (Wildman–Crippen LogP) is 2.56. The first kappa shape index (κ1) is 25.4. The monoisotopic (exact) mass is 446 g/mol. The molecule has 0 aromatic heterocycles. The number of benzene rings is 3. The molecule has 7 heteroatoms. The van der Waals surface area contributed by atoms with Crippen LogP contribution in [0.15, 0.2) is 78.9 Å². The van der Waals surface area contributed by atoms with Crippen LogP contribution >= 0.6 is 7.82 Å². The Hall–Kier alpha value is -1.88. The molecule has 0 radical (unpaired) electrons. The molecule has 0 saturated heterocycles. The maximum Gasteiger partial charge on any atom is 1.00 e. The van der Waals surface area contributed by atoms with Crippen LogP contribution in [0.5, 0.6) is 11.5 Å². The molecular weight excluding hydrogens is 422 g/mol. The number of rotatable bonds is 9. The average molecular weight is 446 g/mol. The number of hydrogen-bond donors (Lipinski definition) is 0. The first-order valence-electron chi connectivity index (χ1n) is 9.80. The number of carbonyl (C=O) groups is 1. The number of carbonyl (C=O) groups excluding carboxylic acids is 1. The van der Waals surface area contributed by atoms with Crippen molar-refractivity contribution >= 4 is 13.6 Å². The van der Waals surface area contributed by atoms with E-state index in [1.54, 1.807) is 30.3 Å². The van der Waals surface area contributed by atoms with Crippen LogP contribution in [0.2, 0.25) is 0 Å². The number of Topliss-reactive ketones (excluding diaryl/α,β-unsaturated/α-hetero) is 1. The summed E-state index contributed by atoms with van der Waals surface area (Å²) in [5.74, 6) is 0.576. The molecule has 1 unspecified atom stereocenters. The molecule has 0 aliphatic heterocycles. The van der Waals surface area contributed by atoms with Crippen LogP contribution in [0.4, 0.5) is 0 Å². The number of hydrogen-bond acceptors (Lipinski definition) is 5. The number of ketones is 1. The van der Waals surface area contributed by atoms with Gasteiger partial charge in [-0.25, -0.2) is 4.57 Å². The summed E-state index contributed by atoms with van der Waals surface area (Å²) in [6.07, 6.45) is 0.930. The number of para-hydroxylation sites is 1. The minimum atomic E-state index is -4.62. The summed E-state index contributed by atoms with van der Waals surface area (Å²) in [7, 11) is -4.62. The van der Waals surface area contributed by atoms with Crippen LogP contribution in [0.1, 0.15) is 47.7 Å². The van der Waals surface area contributed by atoms with Crippen molar-refractivity contribution in [3.8, 4) is 11.5 Å². The van der Waals surface area contributed by atoms with Gasteiger partial charge in [0.25, 0.3) is 0 Å². The third-order valence-electron chi connectivity index (χ3n) is 4.62. The maximum atomic E-state index is 12.6. The molecule has 0 spiro atoms. The van der Waals surface area contributed by atoms with Crippen molar-refractivity contribution in [2.75, 3.05) is 0 Å². The first-order chi connectivity index (χ1) is 14.3. The van der Waals surface area contributed by atoms with Crippen LogP contribution in [0.25, 0.3) is 0 Å². The Morgan fingerprint density at radius 2 is 1.52 bits per heavy atom. The zero-order valence-corrected chi connectivity index (χ0v) is 20.9. The summed E-state index contributed by atoms with van der Waals surface area (Å²) in [5.41, 5.74) is 2.74. The van der Waals surface area contributed by atoms with Gasteiger partial charge in [0.15, 0.2) is 5.78 Å². The minimum absolute atomic E-state index is 0. The summed E-state index contributed by atoms with van der Waals surface area (Å²) in [6, 6.07) is 22.5. The molecule has 0 amide bonds. The van der Waals surface area contributed by atoms with Gasteiger partial charge in [0.1, 0.15) is 11.5 Å². The second-order valence-corrected chi connectivity index (χ2v) is 8.55. The van der Waals surface area contributed by atoms with Crippen molar-refractivity contribution < 1.29 is 52.9 Å². The van der Waals surface area contributed by atoms with E-state index in [9.17, 15) is 14.3 Å². The molecule has 156 valence electrons. The van der Waals surface area contributed by atoms with Crippen LogP contribution < -0.4 is 43.5 Å². The molecule has 0 bridgehead atoms. The Morgan fingerprint density at radius 1 is 0.903 bits per heavy atom. The summed E-state index contributed by atoms with van der Waals surface area (Å²) in [4.78, 5) is 24.7. The van der Waals surface area contributed by atoms with Crippen molar-refractivity contribution in [1.82, 2.24) is 0 Å². The molecule has 0 heterocycles. The van der Waals surface area contributed by atoms with Crippen LogP contribution in [0, 0.1) is 0 Å². The van der Waals surface area contributed by atoms with Crippen LogP contribution in [-0.2, 0) is 11.0 Å². The fourth-order valence-corrected chi connectivity index (χ4v) is 3.74. The smallest absolute Gasteiger partial charge is 0.736 e. The van der Waals surface area contributed by atoms with Gasteiger partial charge in [-0.15, -0.1) is 0 Å². The van der Waals surface area contributed by atoms with E-state index in [1.807, 2.05) is 12.1 Å². The fraction of sp³-hybridized carbons (Fsp3) is 0.208. The van der Waals surface area contributed by atoms with E-state index in [-0.39, 0.29) is 46.8 Å². The summed E-state index contributed by atoms with van der Waals surface area (Å²) in [6.45, 7) is 4.28. The zero-order chi connectivity index (χ0) is 21.6. The largest absolute Gasteiger partial charge is 1.00 e. The first-order valence-corrected chi connectivity index (χ1v) is 11.3. The van der Waals surface area contributed by atoms with Gasteiger partial charge in [0, 0.05) is 12.0 Å². The summed E-state index contributed by atoms with van der Waals surface area (Å²) < 4.78 is 22.1. The maximum absolute atomic E-state index is 12.6. The number of aryl methyl sites for hydroxylation is 1. The van der Waals surface area contributed by atoms with Gasteiger partial charge >= 0.3 is 37.4 Å². The Kier molecular flexibility index (Phi) is 9.54. The van der Waals surface area contributed by atoms with E-state index in [0.717, 1.165) is 5.56 Å². The SMILES string of the molecule is CC(C)c1ccc(CCC(=O)c2cccc(OP(=O)([O-])Oc3ccccc3)c2)cc1.[Na+]. The van der Waals surface area contributed by atoms with Crippen molar-refractivity contribution in [3.05, 3.63) is 95.6 Å². The van der Waals surface area contributed by atoms with Crippen molar-refractivity contribution in [2.24, 2.45) is 0 Å². The minimum Gasteiger partial charge on any atom is -0.736 e. The van der Waals surface area contributed by atoms with Crippen LogP contribution in [-0.4, -0.2) is 5.78 Å².